The number of carbonyl (C=O) groups is 1. The number of benzene rings is 2. The third kappa shape index (κ3) is 4.50. The van der Waals surface area contributed by atoms with Crippen molar-refractivity contribution in [3.63, 3.8) is 0 Å². The van der Waals surface area contributed by atoms with Crippen molar-refractivity contribution in [1.29, 1.82) is 0 Å². The Labute approximate surface area is 124 Å². The first kappa shape index (κ1) is 15.4. The van der Waals surface area contributed by atoms with Crippen LogP contribution in [-0.2, 0) is 11.2 Å². The van der Waals surface area contributed by atoms with E-state index >= 15 is 0 Å². The molecule has 3 heteroatoms. The van der Waals surface area contributed by atoms with Crippen molar-refractivity contribution in [2.45, 2.75) is 32.2 Å². The molecule has 0 saturated heterocycles. The summed E-state index contributed by atoms with van der Waals surface area (Å²) in [5, 5.41) is 0. The van der Waals surface area contributed by atoms with Gasteiger partial charge in [0.1, 0.15) is 11.6 Å². The molecular weight excluding hydrogens is 265 g/mol. The number of nitrogens with two attached hydrogens (primary N) is 1. The van der Waals surface area contributed by atoms with Crippen LogP contribution in [0.15, 0.2) is 48.5 Å². The molecule has 0 aliphatic heterocycles. The maximum atomic E-state index is 13.0. The molecular formula is C18H20FNO. The SMILES string of the molecule is Cc1cc(F)ccc1CC(=O)CCC(N)c1ccccc1. The minimum Gasteiger partial charge on any atom is -0.324 e. The van der Waals surface area contributed by atoms with Crippen LogP contribution in [0.25, 0.3) is 0 Å². The summed E-state index contributed by atoms with van der Waals surface area (Å²) in [6, 6.07) is 14.2. The van der Waals surface area contributed by atoms with E-state index in [0.717, 1.165) is 16.7 Å². The molecule has 0 radical (unpaired) electrons. The molecule has 0 spiro atoms. The van der Waals surface area contributed by atoms with Gasteiger partial charge in [-0.15, -0.1) is 0 Å². The lowest BCUT2D eigenvalue weighted by atomic mass is 9.97. The minimum atomic E-state index is -0.269. The molecule has 0 bridgehead atoms. The zero-order valence-electron chi connectivity index (χ0n) is 12.2. The molecule has 2 nitrogen and oxygen atoms in total. The molecule has 0 amide bonds. The molecule has 1 unspecified atom stereocenters. The Kier molecular flexibility index (Phi) is 5.23. The normalized spacial score (nSPS) is 12.1. The second-order valence-corrected chi connectivity index (χ2v) is 5.34. The van der Waals surface area contributed by atoms with Crippen molar-refractivity contribution >= 4 is 5.78 Å². The van der Waals surface area contributed by atoms with Gasteiger partial charge >= 0.3 is 0 Å². The molecule has 2 aromatic carbocycles. The Morgan fingerprint density at radius 3 is 2.57 bits per heavy atom. The smallest absolute Gasteiger partial charge is 0.137 e. The lowest BCUT2D eigenvalue weighted by Gasteiger charge is -2.11. The summed E-state index contributed by atoms with van der Waals surface area (Å²) in [6.45, 7) is 1.82. The molecule has 0 fully saturated rings. The van der Waals surface area contributed by atoms with Gasteiger partial charge in [0.15, 0.2) is 0 Å². The zero-order chi connectivity index (χ0) is 15.2. The number of hydrogen-bond acceptors (Lipinski definition) is 2. The maximum absolute atomic E-state index is 13.0. The first-order chi connectivity index (χ1) is 10.1. The molecule has 0 aliphatic rings. The first-order valence-electron chi connectivity index (χ1n) is 7.13. The number of halogens is 1. The number of Topliss-reactive ketones (excluding diaryl/α,β-unsaturated/α-hetero) is 1. The fourth-order valence-corrected chi connectivity index (χ4v) is 2.34. The largest absolute Gasteiger partial charge is 0.324 e. The summed E-state index contributed by atoms with van der Waals surface area (Å²) in [5.74, 6) is -0.133. The van der Waals surface area contributed by atoms with Crippen LogP contribution in [0.2, 0.25) is 0 Å². The van der Waals surface area contributed by atoms with Crippen molar-refractivity contribution in [1.82, 2.24) is 0 Å². The highest BCUT2D eigenvalue weighted by Gasteiger charge is 2.11. The predicted molar refractivity (Wildman–Crippen MR) is 82.5 cm³/mol. The summed E-state index contributed by atoms with van der Waals surface area (Å²) >= 11 is 0. The van der Waals surface area contributed by atoms with Crippen LogP contribution in [0.5, 0.6) is 0 Å². The fourth-order valence-electron chi connectivity index (χ4n) is 2.34. The lowest BCUT2D eigenvalue weighted by Crippen LogP contribution is -2.13. The number of rotatable bonds is 6. The Morgan fingerprint density at radius 1 is 1.19 bits per heavy atom. The molecule has 2 rings (SSSR count). The van der Waals surface area contributed by atoms with E-state index in [4.69, 9.17) is 5.73 Å². The zero-order valence-corrected chi connectivity index (χ0v) is 12.2. The predicted octanol–water partition coefficient (Wildman–Crippen LogP) is 3.73. The molecule has 0 heterocycles. The van der Waals surface area contributed by atoms with Gasteiger partial charge in [-0.2, -0.15) is 0 Å². The van der Waals surface area contributed by atoms with Gasteiger partial charge in [0, 0.05) is 18.9 Å². The summed E-state index contributed by atoms with van der Waals surface area (Å²) in [6.07, 6.45) is 1.41. The second kappa shape index (κ2) is 7.14. The first-order valence-corrected chi connectivity index (χ1v) is 7.13. The van der Waals surface area contributed by atoms with Gasteiger partial charge in [0.05, 0.1) is 0 Å². The van der Waals surface area contributed by atoms with Crippen LogP contribution in [0.4, 0.5) is 4.39 Å². The Morgan fingerprint density at radius 2 is 1.90 bits per heavy atom. The van der Waals surface area contributed by atoms with Crippen LogP contribution < -0.4 is 5.73 Å². The fraction of sp³-hybridized carbons (Fsp3) is 0.278. The van der Waals surface area contributed by atoms with Crippen molar-refractivity contribution in [3.8, 4) is 0 Å². The summed E-state index contributed by atoms with van der Waals surface area (Å²) in [5.41, 5.74) is 8.83. The van der Waals surface area contributed by atoms with Crippen molar-refractivity contribution < 1.29 is 9.18 Å². The van der Waals surface area contributed by atoms with Crippen molar-refractivity contribution in [2.75, 3.05) is 0 Å². The molecule has 1 atom stereocenters. The van der Waals surface area contributed by atoms with E-state index in [9.17, 15) is 9.18 Å². The van der Waals surface area contributed by atoms with E-state index in [1.165, 1.54) is 12.1 Å². The number of aryl methyl sites for hydroxylation is 1. The number of hydrogen-bond donors (Lipinski definition) is 1. The Balaban J connectivity index is 1.87. The second-order valence-electron chi connectivity index (χ2n) is 5.34. The lowest BCUT2D eigenvalue weighted by molar-refractivity contribution is -0.118. The highest BCUT2D eigenvalue weighted by Crippen LogP contribution is 2.17. The Bertz CT molecular complexity index is 610. The molecule has 2 aromatic rings. The molecule has 0 aliphatic carbocycles. The van der Waals surface area contributed by atoms with E-state index < -0.39 is 0 Å². The molecule has 0 saturated carbocycles. The van der Waals surface area contributed by atoms with Gasteiger partial charge in [-0.3, -0.25) is 4.79 Å². The molecule has 21 heavy (non-hydrogen) atoms. The van der Waals surface area contributed by atoms with Gasteiger partial charge in [-0.1, -0.05) is 36.4 Å². The van der Waals surface area contributed by atoms with E-state index in [2.05, 4.69) is 0 Å². The highest BCUT2D eigenvalue weighted by atomic mass is 19.1. The van der Waals surface area contributed by atoms with E-state index in [0.29, 0.717) is 19.3 Å². The summed E-state index contributed by atoms with van der Waals surface area (Å²) in [7, 11) is 0. The monoisotopic (exact) mass is 285 g/mol. The summed E-state index contributed by atoms with van der Waals surface area (Å²) in [4.78, 5) is 12.0. The van der Waals surface area contributed by atoms with Crippen molar-refractivity contribution in [3.05, 3.63) is 71.0 Å². The average molecular weight is 285 g/mol. The van der Waals surface area contributed by atoms with E-state index in [-0.39, 0.29) is 17.6 Å². The van der Waals surface area contributed by atoms with Crippen LogP contribution in [0.3, 0.4) is 0 Å². The van der Waals surface area contributed by atoms with Gasteiger partial charge in [0.25, 0.3) is 0 Å². The van der Waals surface area contributed by atoms with Gasteiger partial charge in [0.2, 0.25) is 0 Å². The third-order valence-corrected chi connectivity index (χ3v) is 3.65. The molecule has 2 N–H and O–H groups in total. The minimum absolute atomic E-state index is 0.121. The van der Waals surface area contributed by atoms with Crippen LogP contribution in [-0.4, -0.2) is 5.78 Å². The van der Waals surface area contributed by atoms with Crippen LogP contribution in [0, 0.1) is 12.7 Å². The average Bonchev–Trinajstić information content (AvgIpc) is 2.48. The van der Waals surface area contributed by atoms with Crippen LogP contribution >= 0.6 is 0 Å². The van der Waals surface area contributed by atoms with Gasteiger partial charge in [-0.05, 0) is 42.2 Å². The third-order valence-electron chi connectivity index (χ3n) is 3.65. The quantitative estimate of drug-likeness (QED) is 0.879. The van der Waals surface area contributed by atoms with Crippen molar-refractivity contribution in [2.24, 2.45) is 5.73 Å². The Hall–Kier alpha value is -2.00. The van der Waals surface area contributed by atoms with E-state index in [1.807, 2.05) is 37.3 Å². The molecule has 0 aromatic heterocycles. The molecule has 110 valence electrons. The number of carbonyl (C=O) groups excluding carboxylic acids is 1. The van der Waals surface area contributed by atoms with E-state index in [1.54, 1.807) is 6.07 Å². The van der Waals surface area contributed by atoms with Crippen LogP contribution in [0.1, 0.15) is 35.6 Å². The van der Waals surface area contributed by atoms with Gasteiger partial charge < -0.3 is 5.73 Å². The maximum Gasteiger partial charge on any atom is 0.137 e. The summed E-state index contributed by atoms with van der Waals surface area (Å²) < 4.78 is 13.0. The topological polar surface area (TPSA) is 43.1 Å². The highest BCUT2D eigenvalue weighted by molar-refractivity contribution is 5.81. The van der Waals surface area contributed by atoms with Gasteiger partial charge in [-0.25, -0.2) is 4.39 Å². The standard InChI is InChI=1S/C18H20FNO/c1-13-11-16(19)8-7-15(13)12-17(21)9-10-18(20)14-5-3-2-4-6-14/h2-8,11,18H,9-10,12,20H2,1H3. The number of ketones is 1.